The van der Waals surface area contributed by atoms with Crippen molar-refractivity contribution in [2.75, 3.05) is 46.0 Å². The molecule has 0 fully saturated rings. The first-order chi connectivity index (χ1) is 24.9. The van der Waals surface area contributed by atoms with E-state index >= 15 is 0 Å². The highest BCUT2D eigenvalue weighted by molar-refractivity contribution is 6.08. The lowest BCUT2D eigenvalue weighted by molar-refractivity contribution is 0.100. The summed E-state index contributed by atoms with van der Waals surface area (Å²) >= 11 is 0. The lowest BCUT2D eigenvalue weighted by Gasteiger charge is -2.11. The van der Waals surface area contributed by atoms with Crippen LogP contribution < -0.4 is 31.9 Å². The lowest BCUT2D eigenvalue weighted by Crippen LogP contribution is -2.21. The molecule has 6 N–H and O–H groups in total. The third-order valence-electron chi connectivity index (χ3n) is 7.14. The molecule has 4 amide bonds. The predicted molar refractivity (Wildman–Crippen MR) is 190 cm³/mol. The largest absolute Gasteiger partial charge is 0.357 e. The summed E-state index contributed by atoms with van der Waals surface area (Å²) in [6.07, 6.45) is 0. The van der Waals surface area contributed by atoms with E-state index in [0.29, 0.717) is 11.1 Å². The number of anilines is 6. The van der Waals surface area contributed by atoms with Crippen molar-refractivity contribution in [2.24, 2.45) is 0 Å². The topological polar surface area (TPSA) is 252 Å². The zero-order valence-corrected chi connectivity index (χ0v) is 28.1. The van der Waals surface area contributed by atoms with Crippen LogP contribution in [0.4, 0.5) is 35.7 Å². The van der Waals surface area contributed by atoms with Crippen LogP contribution in [-0.2, 0) is 0 Å². The molecule has 0 unspecified atom stereocenters. The molecule has 3 aromatic carbocycles. The smallest absolute Gasteiger partial charge is 0.258 e. The maximum atomic E-state index is 13.2. The second-order valence-corrected chi connectivity index (χ2v) is 10.8. The molecule has 18 heteroatoms. The summed E-state index contributed by atoms with van der Waals surface area (Å²) in [5.41, 5.74) is 1.47. The van der Waals surface area contributed by atoms with Crippen LogP contribution in [0.2, 0.25) is 0 Å². The maximum absolute atomic E-state index is 13.2. The molecule has 0 aliphatic rings. The number of amides is 4. The van der Waals surface area contributed by atoms with Gasteiger partial charge in [-0.05, 0) is 62.4 Å². The van der Waals surface area contributed by atoms with Gasteiger partial charge >= 0.3 is 0 Å². The van der Waals surface area contributed by atoms with Gasteiger partial charge in [0, 0.05) is 47.5 Å². The zero-order chi connectivity index (χ0) is 37.4. The van der Waals surface area contributed by atoms with Gasteiger partial charge in [-0.15, -0.1) is 0 Å². The van der Waals surface area contributed by atoms with Crippen molar-refractivity contribution >= 4 is 70.9 Å². The number of carbonyl (C=O) groups is 6. The average molecular weight is 703 g/mol. The van der Waals surface area contributed by atoms with E-state index in [4.69, 9.17) is 0 Å². The van der Waals surface area contributed by atoms with Gasteiger partial charge in [0.05, 0.1) is 0 Å². The quantitative estimate of drug-likeness (QED) is 0.102. The first-order valence-electron chi connectivity index (χ1n) is 15.4. The van der Waals surface area contributed by atoms with Crippen molar-refractivity contribution in [3.8, 4) is 0 Å². The van der Waals surface area contributed by atoms with Crippen LogP contribution in [0.25, 0.3) is 0 Å². The Kier molecular flexibility index (Phi) is 10.9. The van der Waals surface area contributed by atoms with Gasteiger partial charge < -0.3 is 10.6 Å². The van der Waals surface area contributed by atoms with Crippen LogP contribution in [0.5, 0.6) is 0 Å². The monoisotopic (exact) mass is 702 g/mol. The van der Waals surface area contributed by atoms with E-state index in [1.165, 1.54) is 86.6 Å². The van der Waals surface area contributed by atoms with Crippen molar-refractivity contribution in [1.82, 2.24) is 29.9 Å². The minimum absolute atomic E-state index is 0.00250. The van der Waals surface area contributed by atoms with Gasteiger partial charge in [-0.25, -0.2) is 0 Å². The Morgan fingerprint density at radius 2 is 0.538 bits per heavy atom. The van der Waals surface area contributed by atoms with Crippen molar-refractivity contribution < 1.29 is 28.8 Å². The molecule has 0 saturated heterocycles. The van der Waals surface area contributed by atoms with Crippen molar-refractivity contribution in [3.63, 3.8) is 0 Å². The highest BCUT2D eigenvalue weighted by atomic mass is 16.2. The van der Waals surface area contributed by atoms with Crippen molar-refractivity contribution in [2.45, 2.75) is 13.8 Å². The van der Waals surface area contributed by atoms with E-state index in [1.54, 1.807) is 14.1 Å². The maximum Gasteiger partial charge on any atom is 0.258 e. The first-order valence-corrected chi connectivity index (χ1v) is 15.4. The van der Waals surface area contributed by atoms with Gasteiger partial charge in [0.15, 0.2) is 11.6 Å². The molecule has 18 nitrogen and oxygen atoms in total. The SMILES string of the molecule is CNc1nc(NC)nc(NC(=O)c2ccc(C(=O)Nc3nc(NC(=O)c4ccc(C(C)=O)cc4)nc(NC(=O)c4ccc(C(C)=O)cc4)n3)cc2)n1. The Hall–Kier alpha value is -7.50. The van der Waals surface area contributed by atoms with Crippen LogP contribution in [0.1, 0.15) is 76.0 Å². The van der Waals surface area contributed by atoms with Crippen molar-refractivity contribution in [1.29, 1.82) is 0 Å². The molecule has 2 heterocycles. The lowest BCUT2D eigenvalue weighted by atomic mass is 10.1. The van der Waals surface area contributed by atoms with Crippen LogP contribution in [0.15, 0.2) is 72.8 Å². The van der Waals surface area contributed by atoms with E-state index < -0.39 is 23.6 Å². The summed E-state index contributed by atoms with van der Waals surface area (Å²) < 4.78 is 0. The summed E-state index contributed by atoms with van der Waals surface area (Å²) in [5.74, 6) is -3.39. The van der Waals surface area contributed by atoms with E-state index in [0.717, 1.165) is 0 Å². The highest BCUT2D eigenvalue weighted by Crippen LogP contribution is 2.16. The van der Waals surface area contributed by atoms with Gasteiger partial charge in [-0.3, -0.25) is 50.0 Å². The molecular formula is C34H30N12O6. The second-order valence-electron chi connectivity index (χ2n) is 10.8. The van der Waals surface area contributed by atoms with Crippen LogP contribution >= 0.6 is 0 Å². The van der Waals surface area contributed by atoms with E-state index in [2.05, 4.69) is 61.8 Å². The Morgan fingerprint density at radius 1 is 0.346 bits per heavy atom. The number of hydrogen-bond donors (Lipinski definition) is 6. The fraction of sp³-hybridized carbons (Fsp3) is 0.118. The van der Waals surface area contributed by atoms with Crippen LogP contribution in [0.3, 0.4) is 0 Å². The minimum atomic E-state index is -0.692. The first kappa shape index (κ1) is 35.8. The van der Waals surface area contributed by atoms with E-state index in [9.17, 15) is 28.8 Å². The normalized spacial score (nSPS) is 10.4. The van der Waals surface area contributed by atoms with Gasteiger partial charge in [0.2, 0.25) is 35.7 Å². The molecule has 2 aromatic heterocycles. The Morgan fingerprint density at radius 3 is 0.750 bits per heavy atom. The number of nitrogens with one attached hydrogen (secondary N) is 6. The van der Waals surface area contributed by atoms with Crippen molar-refractivity contribution in [3.05, 3.63) is 106 Å². The van der Waals surface area contributed by atoms with E-state index in [-0.39, 0.29) is 69.5 Å². The summed E-state index contributed by atoms with van der Waals surface area (Å²) in [6.45, 7) is 2.79. The zero-order valence-electron chi connectivity index (χ0n) is 28.1. The number of Topliss-reactive ketones (excluding diaryl/α,β-unsaturated/α-hetero) is 2. The summed E-state index contributed by atoms with van der Waals surface area (Å²) in [4.78, 5) is 100.0. The number of aromatic nitrogens is 6. The molecule has 52 heavy (non-hydrogen) atoms. The number of carbonyl (C=O) groups excluding carboxylic acids is 6. The molecule has 0 atom stereocenters. The molecule has 0 aliphatic heterocycles. The summed E-state index contributed by atoms with van der Waals surface area (Å²) in [6, 6.07) is 17.3. The number of ketones is 2. The third-order valence-corrected chi connectivity index (χ3v) is 7.14. The molecule has 0 spiro atoms. The molecule has 5 rings (SSSR count). The molecule has 0 radical (unpaired) electrons. The molecule has 0 aliphatic carbocycles. The second kappa shape index (κ2) is 15.8. The highest BCUT2D eigenvalue weighted by Gasteiger charge is 2.18. The average Bonchev–Trinajstić information content (AvgIpc) is 3.14. The fourth-order valence-corrected chi connectivity index (χ4v) is 4.38. The summed E-state index contributed by atoms with van der Waals surface area (Å²) in [7, 11) is 3.23. The Labute approximate surface area is 295 Å². The van der Waals surface area contributed by atoms with Gasteiger partial charge in [0.1, 0.15) is 0 Å². The number of hydrogen-bond acceptors (Lipinski definition) is 14. The summed E-state index contributed by atoms with van der Waals surface area (Å²) in [5, 5.41) is 15.6. The number of benzene rings is 3. The third kappa shape index (κ3) is 8.94. The van der Waals surface area contributed by atoms with Gasteiger partial charge in [-0.1, -0.05) is 24.3 Å². The molecule has 0 bridgehead atoms. The fourth-order valence-electron chi connectivity index (χ4n) is 4.38. The Bertz CT molecular complexity index is 2080. The molecule has 262 valence electrons. The van der Waals surface area contributed by atoms with Crippen LogP contribution in [0, 0.1) is 0 Å². The van der Waals surface area contributed by atoms with Gasteiger partial charge in [0.25, 0.3) is 23.6 Å². The van der Waals surface area contributed by atoms with Crippen LogP contribution in [-0.4, -0.2) is 79.2 Å². The van der Waals surface area contributed by atoms with E-state index in [1.807, 2.05) is 0 Å². The molecular weight excluding hydrogens is 672 g/mol. The Balaban J connectivity index is 1.35. The minimum Gasteiger partial charge on any atom is -0.357 e. The standard InChI is InChI=1S/C34H30N12O6/c1-17(47)19-5-9-21(10-6-19)25(49)38-32-44-33(39-26(50)22-11-7-20(8-12-22)18(2)48)46-34(45-32)40-28(52)24-15-13-23(14-16-24)27(51)37-31-42-29(35-3)41-30(36-4)43-31/h5-16H,1-4H3,(H3,35,36,37,41,42,43,51)(H3,38,39,40,44,45,46,49,50,52). The van der Waals surface area contributed by atoms with Gasteiger partial charge in [-0.2, -0.15) is 29.9 Å². The number of rotatable bonds is 12. The molecule has 0 saturated carbocycles. The predicted octanol–water partition coefficient (Wildman–Crippen LogP) is 3.55. The molecule has 5 aromatic rings. The number of nitrogens with zero attached hydrogens (tertiary/aromatic N) is 6.